The van der Waals surface area contributed by atoms with Gasteiger partial charge in [0.15, 0.2) is 0 Å². The summed E-state index contributed by atoms with van der Waals surface area (Å²) in [5.41, 5.74) is 7.34. The van der Waals surface area contributed by atoms with E-state index in [1.165, 1.54) is 0 Å². The summed E-state index contributed by atoms with van der Waals surface area (Å²) in [6.45, 7) is 7.29. The molecule has 0 fully saturated rings. The van der Waals surface area contributed by atoms with E-state index in [0.717, 1.165) is 16.5 Å². The molecule has 0 aliphatic heterocycles. The number of hydrogen-bond donors (Lipinski definition) is 7. The monoisotopic (exact) mass is 519 g/mol. The van der Waals surface area contributed by atoms with E-state index in [0.29, 0.717) is 6.42 Å². The smallest absolute Gasteiger partial charge is 0.326 e. The van der Waals surface area contributed by atoms with Crippen LogP contribution in [0, 0.1) is 11.8 Å². The van der Waals surface area contributed by atoms with Crippen LogP contribution in [0.3, 0.4) is 0 Å². The zero-order chi connectivity index (χ0) is 27.0. The second kappa shape index (κ2) is 13.3. The maximum atomic E-state index is 13.1. The molecule has 0 saturated heterocycles. The van der Waals surface area contributed by atoms with E-state index in [-0.39, 0.29) is 24.0 Å². The maximum Gasteiger partial charge on any atom is 0.326 e. The first-order valence-electron chi connectivity index (χ1n) is 12.0. The summed E-state index contributed by atoms with van der Waals surface area (Å²) in [4.78, 5) is 53.6. The van der Waals surface area contributed by atoms with Crippen molar-refractivity contribution in [1.82, 2.24) is 20.9 Å². The zero-order valence-electron chi connectivity index (χ0n) is 21.1. The van der Waals surface area contributed by atoms with Crippen molar-refractivity contribution in [2.75, 3.05) is 5.75 Å². The van der Waals surface area contributed by atoms with Gasteiger partial charge < -0.3 is 31.8 Å². The minimum atomic E-state index is -1.20. The molecule has 0 saturated carbocycles. The van der Waals surface area contributed by atoms with Crippen molar-refractivity contribution in [3.63, 3.8) is 0 Å². The highest BCUT2D eigenvalue weighted by molar-refractivity contribution is 7.80. The van der Waals surface area contributed by atoms with E-state index in [4.69, 9.17) is 5.73 Å². The quantitative estimate of drug-likeness (QED) is 0.196. The van der Waals surface area contributed by atoms with Gasteiger partial charge in [0.25, 0.3) is 0 Å². The molecule has 4 atom stereocenters. The summed E-state index contributed by atoms with van der Waals surface area (Å²) in [6, 6.07) is 3.50. The van der Waals surface area contributed by atoms with Gasteiger partial charge in [0.2, 0.25) is 17.7 Å². The summed E-state index contributed by atoms with van der Waals surface area (Å²) < 4.78 is 0. The lowest BCUT2D eigenvalue weighted by atomic mass is 9.99. The first kappa shape index (κ1) is 29.2. The van der Waals surface area contributed by atoms with Gasteiger partial charge in [-0.15, -0.1) is 0 Å². The van der Waals surface area contributed by atoms with Crippen molar-refractivity contribution in [3.8, 4) is 0 Å². The molecule has 7 N–H and O–H groups in total. The summed E-state index contributed by atoms with van der Waals surface area (Å²) in [5.74, 6) is -3.01. The number of carboxylic acid groups (broad SMARTS) is 1. The Kier molecular flexibility index (Phi) is 10.8. The standard InChI is InChI=1S/C25H37N5O5S/c1-13(2)9-19(28-22(31)17(26)12-36)23(32)30-21(14(3)4)24(33)29-20(25(34)35)10-15-11-27-18-8-6-5-7-16(15)18/h5-8,11,13-14,17,19-21,27,36H,9-10,12,26H2,1-4H3,(H,28,31)(H,29,33)(H,30,32)(H,34,35). The van der Waals surface area contributed by atoms with Gasteiger partial charge in [-0.2, -0.15) is 12.6 Å². The number of amides is 3. The molecule has 2 rings (SSSR count). The van der Waals surface area contributed by atoms with Crippen LogP contribution in [0.5, 0.6) is 0 Å². The summed E-state index contributed by atoms with van der Waals surface area (Å²) >= 11 is 4.02. The molecule has 10 nitrogen and oxygen atoms in total. The van der Waals surface area contributed by atoms with Crippen molar-refractivity contribution in [2.24, 2.45) is 17.6 Å². The van der Waals surface area contributed by atoms with Crippen molar-refractivity contribution in [1.29, 1.82) is 0 Å². The summed E-state index contributed by atoms with van der Waals surface area (Å²) in [5, 5.41) is 18.5. The average molecular weight is 520 g/mol. The molecule has 11 heteroatoms. The number of carboxylic acids is 1. The summed E-state index contributed by atoms with van der Waals surface area (Å²) in [7, 11) is 0. The van der Waals surface area contributed by atoms with Gasteiger partial charge in [-0.1, -0.05) is 45.9 Å². The number of carbonyl (C=O) groups excluding carboxylic acids is 3. The molecule has 1 aromatic heterocycles. The first-order chi connectivity index (χ1) is 16.9. The van der Waals surface area contributed by atoms with Crippen LogP contribution < -0.4 is 21.7 Å². The van der Waals surface area contributed by atoms with Crippen LogP contribution in [-0.4, -0.2) is 63.7 Å². The van der Waals surface area contributed by atoms with Crippen LogP contribution >= 0.6 is 12.6 Å². The van der Waals surface area contributed by atoms with Crippen LogP contribution in [0.25, 0.3) is 10.9 Å². The Balaban J connectivity index is 2.15. The Bertz CT molecular complexity index is 1070. The minimum Gasteiger partial charge on any atom is -0.480 e. The molecular formula is C25H37N5O5S. The maximum absolute atomic E-state index is 13.1. The van der Waals surface area contributed by atoms with Gasteiger partial charge in [-0.25, -0.2) is 4.79 Å². The van der Waals surface area contributed by atoms with Crippen molar-refractivity contribution in [2.45, 2.75) is 64.7 Å². The number of rotatable bonds is 13. The molecule has 198 valence electrons. The van der Waals surface area contributed by atoms with Gasteiger partial charge in [0, 0.05) is 29.3 Å². The highest BCUT2D eigenvalue weighted by Gasteiger charge is 2.32. The van der Waals surface area contributed by atoms with Gasteiger partial charge in [-0.05, 0) is 29.9 Å². The lowest BCUT2D eigenvalue weighted by Gasteiger charge is -2.27. The Hall–Kier alpha value is -3.05. The van der Waals surface area contributed by atoms with Crippen LogP contribution in [0.1, 0.15) is 39.7 Å². The topological polar surface area (TPSA) is 166 Å². The number of fused-ring (bicyclic) bond motifs is 1. The van der Waals surface area contributed by atoms with Crippen LogP contribution in [0.2, 0.25) is 0 Å². The number of carbonyl (C=O) groups is 4. The van der Waals surface area contributed by atoms with E-state index < -0.39 is 47.9 Å². The number of aliphatic carboxylic acids is 1. The Morgan fingerprint density at radius 3 is 2.19 bits per heavy atom. The highest BCUT2D eigenvalue weighted by atomic mass is 32.1. The fraction of sp³-hybridized carbons (Fsp3) is 0.520. The molecule has 4 unspecified atom stereocenters. The predicted octanol–water partition coefficient (Wildman–Crippen LogP) is 1.21. The molecule has 1 aromatic carbocycles. The van der Waals surface area contributed by atoms with E-state index in [1.807, 2.05) is 38.1 Å². The molecule has 0 aliphatic rings. The third kappa shape index (κ3) is 7.99. The molecule has 0 aliphatic carbocycles. The first-order valence-corrected chi connectivity index (χ1v) is 12.6. The number of thiol groups is 1. The van der Waals surface area contributed by atoms with Crippen LogP contribution in [0.4, 0.5) is 0 Å². The van der Waals surface area contributed by atoms with E-state index in [9.17, 15) is 24.3 Å². The van der Waals surface area contributed by atoms with E-state index in [1.54, 1.807) is 20.0 Å². The van der Waals surface area contributed by atoms with Crippen molar-refractivity contribution >= 4 is 47.2 Å². The Morgan fingerprint density at radius 1 is 0.972 bits per heavy atom. The SMILES string of the molecule is CC(C)CC(NC(=O)C(N)CS)C(=O)NC(C(=O)NC(Cc1c[nH]c2ccccc12)C(=O)O)C(C)C. The lowest BCUT2D eigenvalue weighted by molar-refractivity contribution is -0.142. The predicted molar refractivity (Wildman–Crippen MR) is 142 cm³/mol. The molecule has 0 radical (unpaired) electrons. The molecule has 0 bridgehead atoms. The van der Waals surface area contributed by atoms with Crippen molar-refractivity contribution in [3.05, 3.63) is 36.0 Å². The molecule has 36 heavy (non-hydrogen) atoms. The van der Waals surface area contributed by atoms with Gasteiger partial charge in [0.05, 0.1) is 6.04 Å². The second-order valence-corrected chi connectivity index (χ2v) is 10.0. The number of aromatic amines is 1. The number of aromatic nitrogens is 1. The lowest BCUT2D eigenvalue weighted by Crippen LogP contribution is -2.59. The molecule has 3 amide bonds. The number of H-pyrrole nitrogens is 1. The molecular weight excluding hydrogens is 482 g/mol. The van der Waals surface area contributed by atoms with E-state index >= 15 is 0 Å². The fourth-order valence-corrected chi connectivity index (χ4v) is 4.00. The number of nitrogens with one attached hydrogen (secondary N) is 4. The second-order valence-electron chi connectivity index (χ2n) is 9.67. The van der Waals surface area contributed by atoms with E-state index in [2.05, 4.69) is 33.6 Å². The fourth-order valence-electron chi connectivity index (χ4n) is 3.84. The van der Waals surface area contributed by atoms with Crippen LogP contribution in [-0.2, 0) is 25.6 Å². The molecule has 0 spiro atoms. The summed E-state index contributed by atoms with van der Waals surface area (Å²) in [6.07, 6.45) is 2.13. The molecule has 2 aromatic rings. The molecule has 1 heterocycles. The zero-order valence-corrected chi connectivity index (χ0v) is 22.0. The number of para-hydroxylation sites is 1. The van der Waals surface area contributed by atoms with Crippen LogP contribution in [0.15, 0.2) is 30.5 Å². The largest absolute Gasteiger partial charge is 0.480 e. The number of benzene rings is 1. The minimum absolute atomic E-state index is 0.0670. The number of hydrogen-bond acceptors (Lipinski definition) is 6. The third-order valence-electron chi connectivity index (χ3n) is 5.83. The average Bonchev–Trinajstić information content (AvgIpc) is 3.22. The normalized spacial score (nSPS) is 14.8. The van der Waals surface area contributed by atoms with Crippen molar-refractivity contribution < 1.29 is 24.3 Å². The third-order valence-corrected chi connectivity index (χ3v) is 6.23. The highest BCUT2D eigenvalue weighted by Crippen LogP contribution is 2.19. The Morgan fingerprint density at radius 2 is 1.61 bits per heavy atom. The Labute approximate surface area is 216 Å². The van der Waals surface area contributed by atoms with Gasteiger partial charge in [0.1, 0.15) is 18.1 Å². The number of nitrogens with two attached hydrogens (primary N) is 1. The van der Waals surface area contributed by atoms with Gasteiger partial charge >= 0.3 is 5.97 Å². The van der Waals surface area contributed by atoms with Gasteiger partial charge in [-0.3, -0.25) is 14.4 Å².